The van der Waals surface area contributed by atoms with Gasteiger partial charge in [0.1, 0.15) is 17.3 Å². The molecule has 0 spiro atoms. The van der Waals surface area contributed by atoms with Crippen LogP contribution in [0.5, 0.6) is 0 Å². The van der Waals surface area contributed by atoms with Gasteiger partial charge >= 0.3 is 0 Å². The Kier molecular flexibility index (Phi) is 6.10. The number of nitrogens with zero attached hydrogens (tertiary/aromatic N) is 3. The van der Waals surface area contributed by atoms with Gasteiger partial charge in [-0.3, -0.25) is 4.90 Å². The summed E-state index contributed by atoms with van der Waals surface area (Å²) in [7, 11) is 1.67. The van der Waals surface area contributed by atoms with E-state index in [-0.39, 0.29) is 5.54 Å². The fourth-order valence-electron chi connectivity index (χ4n) is 3.72. The normalized spacial score (nSPS) is 15.7. The van der Waals surface area contributed by atoms with Crippen LogP contribution in [0.2, 0.25) is 0 Å². The quantitative estimate of drug-likeness (QED) is 0.632. The van der Waals surface area contributed by atoms with Crippen molar-refractivity contribution in [3.8, 4) is 11.1 Å². The molecule has 3 aromatic rings. The van der Waals surface area contributed by atoms with E-state index in [0.717, 1.165) is 48.9 Å². The Labute approximate surface area is 175 Å². The molecular formula is C22H28N4O2S. The number of ether oxygens (including phenoxy) is 2. The number of morpholine rings is 1. The lowest BCUT2D eigenvalue weighted by molar-refractivity contribution is -0.00569. The topological polar surface area (TPSA) is 59.5 Å². The van der Waals surface area contributed by atoms with Crippen LogP contribution >= 0.6 is 11.3 Å². The monoisotopic (exact) mass is 412 g/mol. The fraction of sp³-hybridized carbons (Fsp3) is 0.455. The van der Waals surface area contributed by atoms with Gasteiger partial charge in [-0.05, 0) is 19.4 Å². The van der Waals surface area contributed by atoms with Crippen molar-refractivity contribution >= 4 is 27.4 Å². The predicted octanol–water partition coefficient (Wildman–Crippen LogP) is 4.03. The summed E-state index contributed by atoms with van der Waals surface area (Å²) < 4.78 is 10.8. The summed E-state index contributed by atoms with van der Waals surface area (Å²) in [5.41, 5.74) is 2.34. The molecular weight excluding hydrogens is 384 g/mol. The first-order valence-corrected chi connectivity index (χ1v) is 10.9. The molecule has 3 heterocycles. The minimum Gasteiger partial charge on any atom is -0.379 e. The summed E-state index contributed by atoms with van der Waals surface area (Å²) in [5.74, 6) is 1.58. The molecule has 0 aliphatic carbocycles. The van der Waals surface area contributed by atoms with Crippen LogP contribution in [-0.2, 0) is 16.1 Å². The standard InChI is InChI=1S/C22H28N4O2S/c1-22(2,26-9-11-28-12-10-26)15-23-20-19-17(16-7-5-4-6-8-16)14-29-21(19)25-18(24-20)13-27-3/h4-8,14H,9-13,15H2,1-3H3,(H,23,24,25). The second-order valence-corrected chi connectivity index (χ2v) is 8.74. The Morgan fingerprint density at radius 3 is 2.66 bits per heavy atom. The summed E-state index contributed by atoms with van der Waals surface area (Å²) in [5, 5.41) is 6.89. The molecule has 0 unspecified atom stereocenters. The van der Waals surface area contributed by atoms with Gasteiger partial charge in [-0.25, -0.2) is 9.97 Å². The molecule has 7 heteroatoms. The van der Waals surface area contributed by atoms with Crippen molar-refractivity contribution in [3.05, 3.63) is 41.5 Å². The van der Waals surface area contributed by atoms with Gasteiger partial charge in [0.15, 0.2) is 5.82 Å². The summed E-state index contributed by atoms with van der Waals surface area (Å²) in [4.78, 5) is 13.0. The van der Waals surface area contributed by atoms with Crippen LogP contribution < -0.4 is 5.32 Å². The minimum atomic E-state index is -0.00853. The molecule has 1 aromatic carbocycles. The third-order valence-corrected chi connectivity index (χ3v) is 6.27. The highest BCUT2D eigenvalue weighted by molar-refractivity contribution is 7.17. The lowest BCUT2D eigenvalue weighted by atomic mass is 10.0. The Balaban J connectivity index is 1.68. The molecule has 1 aliphatic heterocycles. The van der Waals surface area contributed by atoms with E-state index in [2.05, 4.69) is 53.7 Å². The Morgan fingerprint density at radius 2 is 1.93 bits per heavy atom. The molecule has 1 fully saturated rings. The number of hydrogen-bond donors (Lipinski definition) is 1. The number of nitrogens with one attached hydrogen (secondary N) is 1. The number of aromatic nitrogens is 2. The number of anilines is 1. The van der Waals surface area contributed by atoms with Gasteiger partial charge in [-0.15, -0.1) is 11.3 Å². The number of rotatable bonds is 7. The zero-order valence-corrected chi connectivity index (χ0v) is 18.1. The van der Waals surface area contributed by atoms with Gasteiger partial charge in [-0.2, -0.15) is 0 Å². The van der Waals surface area contributed by atoms with Crippen molar-refractivity contribution in [3.63, 3.8) is 0 Å². The second kappa shape index (κ2) is 8.75. The molecule has 4 rings (SSSR count). The first-order valence-electron chi connectivity index (χ1n) is 9.97. The summed E-state index contributed by atoms with van der Waals surface area (Å²) in [6, 6.07) is 10.4. The molecule has 6 nitrogen and oxygen atoms in total. The average Bonchev–Trinajstić information content (AvgIpc) is 3.18. The van der Waals surface area contributed by atoms with Gasteiger partial charge in [-0.1, -0.05) is 30.3 Å². The Hall–Kier alpha value is -2.06. The zero-order valence-electron chi connectivity index (χ0n) is 17.3. The fourth-order valence-corrected chi connectivity index (χ4v) is 4.68. The molecule has 1 N–H and O–H groups in total. The molecule has 154 valence electrons. The first-order chi connectivity index (χ1) is 14.1. The van der Waals surface area contributed by atoms with Gasteiger partial charge in [0.05, 0.1) is 18.6 Å². The summed E-state index contributed by atoms with van der Waals surface area (Å²) in [6.07, 6.45) is 0. The highest BCUT2D eigenvalue weighted by Gasteiger charge is 2.28. The first kappa shape index (κ1) is 20.2. The van der Waals surface area contributed by atoms with E-state index in [1.54, 1.807) is 18.4 Å². The van der Waals surface area contributed by atoms with Crippen LogP contribution in [0, 0.1) is 0 Å². The van der Waals surface area contributed by atoms with Crippen LogP contribution in [0.25, 0.3) is 21.3 Å². The second-order valence-electron chi connectivity index (χ2n) is 7.88. The van der Waals surface area contributed by atoms with E-state index in [4.69, 9.17) is 19.4 Å². The van der Waals surface area contributed by atoms with Gasteiger partial charge in [0, 0.05) is 43.2 Å². The molecule has 0 amide bonds. The maximum absolute atomic E-state index is 5.52. The van der Waals surface area contributed by atoms with Gasteiger partial charge in [0.25, 0.3) is 0 Å². The van der Waals surface area contributed by atoms with E-state index >= 15 is 0 Å². The van der Waals surface area contributed by atoms with Gasteiger partial charge in [0.2, 0.25) is 0 Å². The summed E-state index contributed by atoms with van der Waals surface area (Å²) in [6.45, 7) is 9.22. The predicted molar refractivity (Wildman–Crippen MR) is 119 cm³/mol. The highest BCUT2D eigenvalue weighted by Crippen LogP contribution is 2.37. The van der Waals surface area contributed by atoms with Crippen LogP contribution in [0.15, 0.2) is 35.7 Å². The smallest absolute Gasteiger partial charge is 0.158 e. The van der Waals surface area contributed by atoms with Crippen LogP contribution in [0.1, 0.15) is 19.7 Å². The lowest BCUT2D eigenvalue weighted by Gasteiger charge is -2.41. The SMILES string of the molecule is COCc1nc(NCC(C)(C)N2CCOCC2)c2c(-c3ccccc3)csc2n1. The lowest BCUT2D eigenvalue weighted by Crippen LogP contribution is -2.53. The number of thiophene rings is 1. The largest absolute Gasteiger partial charge is 0.379 e. The maximum atomic E-state index is 5.52. The van der Waals surface area contributed by atoms with E-state index in [0.29, 0.717) is 12.4 Å². The van der Waals surface area contributed by atoms with Crippen LogP contribution in [0.3, 0.4) is 0 Å². The number of hydrogen-bond acceptors (Lipinski definition) is 7. The number of benzene rings is 1. The molecule has 1 aliphatic rings. The third kappa shape index (κ3) is 4.43. The zero-order chi connectivity index (χ0) is 20.3. The van der Waals surface area contributed by atoms with E-state index in [1.165, 1.54) is 11.1 Å². The van der Waals surface area contributed by atoms with E-state index in [1.807, 2.05) is 6.07 Å². The number of fused-ring (bicyclic) bond motifs is 1. The van der Waals surface area contributed by atoms with E-state index in [9.17, 15) is 0 Å². The molecule has 0 radical (unpaired) electrons. The summed E-state index contributed by atoms with van der Waals surface area (Å²) >= 11 is 1.65. The molecule has 0 bridgehead atoms. The highest BCUT2D eigenvalue weighted by atomic mass is 32.1. The van der Waals surface area contributed by atoms with Crippen LogP contribution in [0.4, 0.5) is 5.82 Å². The van der Waals surface area contributed by atoms with Crippen LogP contribution in [-0.4, -0.2) is 60.4 Å². The van der Waals surface area contributed by atoms with Crippen molar-refractivity contribution in [1.82, 2.24) is 14.9 Å². The minimum absolute atomic E-state index is 0.00853. The van der Waals surface area contributed by atoms with Gasteiger partial charge < -0.3 is 14.8 Å². The molecule has 2 aromatic heterocycles. The molecule has 1 saturated heterocycles. The number of methoxy groups -OCH3 is 1. The molecule has 0 saturated carbocycles. The Morgan fingerprint density at radius 1 is 1.17 bits per heavy atom. The molecule has 29 heavy (non-hydrogen) atoms. The van der Waals surface area contributed by atoms with Crippen molar-refractivity contribution in [2.24, 2.45) is 0 Å². The van der Waals surface area contributed by atoms with Crippen molar-refractivity contribution in [1.29, 1.82) is 0 Å². The molecule has 0 atom stereocenters. The Bertz CT molecular complexity index is 952. The van der Waals surface area contributed by atoms with Crippen molar-refractivity contribution in [2.45, 2.75) is 26.0 Å². The van der Waals surface area contributed by atoms with E-state index < -0.39 is 0 Å². The average molecular weight is 413 g/mol. The third-order valence-electron chi connectivity index (χ3n) is 5.39. The van der Waals surface area contributed by atoms with Crippen molar-refractivity contribution < 1.29 is 9.47 Å². The maximum Gasteiger partial charge on any atom is 0.158 e. The van der Waals surface area contributed by atoms with Crippen molar-refractivity contribution in [2.75, 3.05) is 45.3 Å².